The van der Waals surface area contributed by atoms with Gasteiger partial charge in [-0.1, -0.05) is 90.2 Å². The topological polar surface area (TPSA) is 22.1 Å². The molecule has 0 N–H and O–H groups in total. The number of aryl methyl sites for hydroxylation is 1. The van der Waals surface area contributed by atoms with E-state index in [0.29, 0.717) is 11.1 Å². The molecule has 3 rings (SSSR count). The molecule has 1 aromatic heterocycles. The SMILES string of the molecule is CCCCCCCCOc1ccc(-c2cc3ccc(CCCCCCCC)cc3c(F)n2)cc1. The molecular weight excluding hydrogens is 421 g/mol. The van der Waals surface area contributed by atoms with Crippen LogP contribution in [0.4, 0.5) is 4.39 Å². The molecule has 34 heavy (non-hydrogen) atoms. The largest absolute Gasteiger partial charge is 0.494 e. The maximum atomic E-state index is 14.9. The zero-order valence-corrected chi connectivity index (χ0v) is 21.3. The van der Waals surface area contributed by atoms with Crippen molar-refractivity contribution in [1.82, 2.24) is 4.98 Å². The van der Waals surface area contributed by atoms with Crippen molar-refractivity contribution in [2.24, 2.45) is 0 Å². The Bertz CT molecular complexity index is 983. The Hall–Kier alpha value is -2.42. The quantitative estimate of drug-likeness (QED) is 0.156. The number of nitrogens with zero attached hydrogens (tertiary/aromatic N) is 1. The van der Waals surface area contributed by atoms with Crippen LogP contribution in [-0.2, 0) is 6.42 Å². The third kappa shape index (κ3) is 8.42. The average Bonchev–Trinajstić information content (AvgIpc) is 2.86. The molecular formula is C31H42FNO. The zero-order valence-electron chi connectivity index (χ0n) is 21.3. The van der Waals surface area contributed by atoms with Crippen LogP contribution in [0.15, 0.2) is 48.5 Å². The number of unbranched alkanes of at least 4 members (excludes halogenated alkanes) is 10. The summed E-state index contributed by atoms with van der Waals surface area (Å²) in [5, 5.41) is 1.52. The molecule has 0 aliphatic rings. The lowest BCUT2D eigenvalue weighted by atomic mass is 10.0. The molecule has 0 saturated carbocycles. The molecule has 0 atom stereocenters. The van der Waals surface area contributed by atoms with E-state index in [4.69, 9.17) is 4.74 Å². The standard InChI is InChI=1S/C31H42FNO/c1-3-5-7-9-11-13-15-25-16-17-27-24-30(33-31(32)29(27)23-25)26-18-20-28(21-19-26)34-22-14-12-10-8-6-4-2/h16-21,23-24H,3-15,22H2,1-2H3. The van der Waals surface area contributed by atoms with E-state index in [1.807, 2.05) is 42.5 Å². The van der Waals surface area contributed by atoms with Crippen LogP contribution in [0.25, 0.3) is 22.0 Å². The van der Waals surface area contributed by atoms with Gasteiger partial charge in [0.25, 0.3) is 0 Å². The summed E-state index contributed by atoms with van der Waals surface area (Å²) in [6, 6.07) is 16.0. The number of aromatic nitrogens is 1. The predicted molar refractivity (Wildman–Crippen MR) is 143 cm³/mol. The Morgan fingerprint density at radius 1 is 0.706 bits per heavy atom. The normalized spacial score (nSPS) is 11.3. The van der Waals surface area contributed by atoms with Crippen LogP contribution in [0.1, 0.15) is 96.5 Å². The maximum absolute atomic E-state index is 14.9. The summed E-state index contributed by atoms with van der Waals surface area (Å²) in [5.41, 5.74) is 2.77. The first-order chi connectivity index (χ1) is 16.7. The van der Waals surface area contributed by atoms with E-state index in [1.54, 1.807) is 0 Å². The number of benzene rings is 2. The zero-order chi connectivity index (χ0) is 24.0. The molecule has 184 valence electrons. The van der Waals surface area contributed by atoms with Crippen molar-refractivity contribution < 1.29 is 9.13 Å². The number of pyridine rings is 1. The van der Waals surface area contributed by atoms with Crippen molar-refractivity contribution >= 4 is 10.8 Å². The molecule has 2 nitrogen and oxygen atoms in total. The first kappa shape index (κ1) is 26.2. The Kier molecular flexibility index (Phi) is 11.4. The monoisotopic (exact) mass is 463 g/mol. The molecule has 0 spiro atoms. The number of rotatable bonds is 16. The van der Waals surface area contributed by atoms with Crippen LogP contribution in [0.5, 0.6) is 5.75 Å². The molecule has 0 amide bonds. The van der Waals surface area contributed by atoms with Crippen molar-refractivity contribution in [3.8, 4) is 17.0 Å². The van der Waals surface area contributed by atoms with Gasteiger partial charge in [0.2, 0.25) is 5.95 Å². The number of fused-ring (bicyclic) bond motifs is 1. The Morgan fingerprint density at radius 3 is 2.06 bits per heavy atom. The molecule has 0 fully saturated rings. The molecule has 2 aromatic carbocycles. The molecule has 0 radical (unpaired) electrons. The van der Waals surface area contributed by atoms with Crippen molar-refractivity contribution in [1.29, 1.82) is 0 Å². The highest BCUT2D eigenvalue weighted by atomic mass is 19.1. The van der Waals surface area contributed by atoms with Gasteiger partial charge in [-0.3, -0.25) is 0 Å². The fourth-order valence-electron chi connectivity index (χ4n) is 4.46. The minimum absolute atomic E-state index is 0.388. The van der Waals surface area contributed by atoms with E-state index < -0.39 is 0 Å². The van der Waals surface area contributed by atoms with Crippen LogP contribution in [0.3, 0.4) is 0 Å². The van der Waals surface area contributed by atoms with Crippen LogP contribution in [0.2, 0.25) is 0 Å². The molecule has 3 aromatic rings. The Labute approximate surface area is 206 Å². The average molecular weight is 464 g/mol. The van der Waals surface area contributed by atoms with Gasteiger partial charge in [-0.15, -0.1) is 0 Å². The van der Waals surface area contributed by atoms with E-state index in [1.165, 1.54) is 69.8 Å². The fourth-order valence-corrected chi connectivity index (χ4v) is 4.46. The summed E-state index contributed by atoms with van der Waals surface area (Å²) in [4.78, 5) is 4.28. The van der Waals surface area contributed by atoms with Gasteiger partial charge >= 0.3 is 0 Å². The van der Waals surface area contributed by atoms with Crippen molar-refractivity contribution in [3.05, 3.63) is 60.0 Å². The van der Waals surface area contributed by atoms with Gasteiger partial charge in [-0.05, 0) is 66.6 Å². The molecule has 0 aliphatic carbocycles. The summed E-state index contributed by atoms with van der Waals surface area (Å²) in [6.07, 6.45) is 16.1. The number of ether oxygens (including phenoxy) is 1. The molecule has 0 bridgehead atoms. The molecule has 0 aliphatic heterocycles. The van der Waals surface area contributed by atoms with E-state index in [9.17, 15) is 4.39 Å². The van der Waals surface area contributed by atoms with Gasteiger partial charge in [-0.25, -0.2) is 4.98 Å². The minimum Gasteiger partial charge on any atom is -0.494 e. The second-order valence-electron chi connectivity index (χ2n) is 9.51. The molecule has 0 unspecified atom stereocenters. The highest BCUT2D eigenvalue weighted by Crippen LogP contribution is 2.27. The Morgan fingerprint density at radius 2 is 1.35 bits per heavy atom. The summed E-state index contributed by atoms with van der Waals surface area (Å²) in [7, 11) is 0. The van der Waals surface area contributed by atoms with Crippen LogP contribution in [-0.4, -0.2) is 11.6 Å². The van der Waals surface area contributed by atoms with Crippen molar-refractivity contribution in [3.63, 3.8) is 0 Å². The van der Waals surface area contributed by atoms with Gasteiger partial charge in [0, 0.05) is 10.9 Å². The van der Waals surface area contributed by atoms with Gasteiger partial charge in [0.1, 0.15) is 5.75 Å². The lowest BCUT2D eigenvalue weighted by Gasteiger charge is -2.09. The van der Waals surface area contributed by atoms with E-state index in [0.717, 1.165) is 42.6 Å². The first-order valence-corrected chi connectivity index (χ1v) is 13.5. The fraction of sp³-hybridized carbons (Fsp3) is 0.516. The first-order valence-electron chi connectivity index (χ1n) is 13.5. The highest BCUT2D eigenvalue weighted by Gasteiger charge is 2.09. The minimum atomic E-state index is -0.388. The summed E-state index contributed by atoms with van der Waals surface area (Å²) >= 11 is 0. The van der Waals surface area contributed by atoms with E-state index in [-0.39, 0.29) is 5.95 Å². The van der Waals surface area contributed by atoms with Crippen LogP contribution < -0.4 is 4.74 Å². The lowest BCUT2D eigenvalue weighted by Crippen LogP contribution is -1.97. The smallest absolute Gasteiger partial charge is 0.221 e. The van der Waals surface area contributed by atoms with Gasteiger partial charge in [0.05, 0.1) is 12.3 Å². The molecule has 1 heterocycles. The second kappa shape index (κ2) is 14.8. The summed E-state index contributed by atoms with van der Waals surface area (Å²) in [6.45, 7) is 5.22. The second-order valence-corrected chi connectivity index (χ2v) is 9.51. The van der Waals surface area contributed by atoms with Gasteiger partial charge in [0.15, 0.2) is 0 Å². The maximum Gasteiger partial charge on any atom is 0.221 e. The van der Waals surface area contributed by atoms with Gasteiger partial charge < -0.3 is 4.74 Å². The molecule has 0 saturated heterocycles. The third-order valence-corrected chi connectivity index (χ3v) is 6.59. The molecule has 3 heteroatoms. The predicted octanol–water partition coefficient (Wildman–Crippen LogP) is 9.68. The number of halogens is 1. The van der Waals surface area contributed by atoms with E-state index >= 15 is 0 Å². The van der Waals surface area contributed by atoms with Crippen LogP contribution >= 0.6 is 0 Å². The number of hydrogen-bond donors (Lipinski definition) is 0. The van der Waals surface area contributed by atoms with Gasteiger partial charge in [-0.2, -0.15) is 4.39 Å². The summed E-state index contributed by atoms with van der Waals surface area (Å²) in [5.74, 6) is 0.471. The summed E-state index contributed by atoms with van der Waals surface area (Å²) < 4.78 is 20.8. The van der Waals surface area contributed by atoms with Crippen molar-refractivity contribution in [2.45, 2.75) is 97.3 Å². The lowest BCUT2D eigenvalue weighted by molar-refractivity contribution is 0.304. The highest BCUT2D eigenvalue weighted by molar-refractivity contribution is 5.86. The Balaban J connectivity index is 1.54. The van der Waals surface area contributed by atoms with Crippen LogP contribution in [0, 0.1) is 5.95 Å². The van der Waals surface area contributed by atoms with Crippen molar-refractivity contribution in [2.75, 3.05) is 6.61 Å². The third-order valence-electron chi connectivity index (χ3n) is 6.59. The van der Waals surface area contributed by atoms with E-state index in [2.05, 4.69) is 24.9 Å². The number of hydrogen-bond acceptors (Lipinski definition) is 2.